The third-order valence-corrected chi connectivity index (χ3v) is 3.96. The number of halogens is 2. The molecule has 2 unspecified atom stereocenters. The van der Waals surface area contributed by atoms with E-state index in [-0.39, 0.29) is 30.7 Å². The fourth-order valence-corrected chi connectivity index (χ4v) is 2.58. The first-order valence-corrected chi connectivity index (χ1v) is 7.61. The molecule has 3 N–H and O–H groups in total. The fraction of sp³-hybridized carbons (Fsp3) is 0.278. The van der Waals surface area contributed by atoms with Crippen molar-refractivity contribution in [2.75, 3.05) is 6.54 Å². The molecule has 1 fully saturated rings. The average Bonchev–Trinajstić information content (AvgIpc) is 3.33. The van der Waals surface area contributed by atoms with Crippen molar-refractivity contribution in [1.29, 1.82) is 0 Å². The van der Waals surface area contributed by atoms with Crippen molar-refractivity contribution in [1.82, 2.24) is 5.32 Å². The fourth-order valence-electron chi connectivity index (χ4n) is 2.58. The number of hydrogen-bond donors (Lipinski definition) is 2. The maximum atomic E-state index is 12.8. The SMILES string of the molecule is Cl.NC(=O)CNC1CC1c1ccc(OCc2ccc(F)cc2)cc1. The van der Waals surface area contributed by atoms with Crippen molar-refractivity contribution in [3.63, 3.8) is 0 Å². The number of rotatable bonds is 7. The Labute approximate surface area is 146 Å². The molecule has 1 amide bonds. The molecule has 2 aromatic carbocycles. The van der Waals surface area contributed by atoms with Crippen molar-refractivity contribution < 1.29 is 13.9 Å². The summed E-state index contributed by atoms with van der Waals surface area (Å²) in [6.07, 6.45) is 1.02. The number of carbonyl (C=O) groups is 1. The highest BCUT2D eigenvalue weighted by atomic mass is 35.5. The molecule has 128 valence electrons. The number of ether oxygens (including phenoxy) is 1. The maximum absolute atomic E-state index is 12.8. The van der Waals surface area contributed by atoms with Gasteiger partial charge in [0.15, 0.2) is 0 Å². The molecule has 2 aromatic rings. The summed E-state index contributed by atoms with van der Waals surface area (Å²) < 4.78 is 18.5. The Hall–Kier alpha value is -2.11. The van der Waals surface area contributed by atoms with E-state index in [1.54, 1.807) is 12.1 Å². The van der Waals surface area contributed by atoms with E-state index in [1.807, 2.05) is 24.3 Å². The largest absolute Gasteiger partial charge is 0.489 e. The normalized spacial score (nSPS) is 18.5. The van der Waals surface area contributed by atoms with Gasteiger partial charge in [-0.05, 0) is 41.8 Å². The van der Waals surface area contributed by atoms with Gasteiger partial charge in [-0.2, -0.15) is 0 Å². The van der Waals surface area contributed by atoms with Crippen LogP contribution in [-0.4, -0.2) is 18.5 Å². The Morgan fingerprint density at radius 2 is 1.83 bits per heavy atom. The smallest absolute Gasteiger partial charge is 0.231 e. The Balaban J connectivity index is 0.00000208. The van der Waals surface area contributed by atoms with Crippen LogP contribution in [0.4, 0.5) is 4.39 Å². The molecule has 0 aromatic heterocycles. The Kier molecular flexibility index (Phi) is 6.17. The quantitative estimate of drug-likeness (QED) is 0.807. The zero-order valence-electron chi connectivity index (χ0n) is 13.1. The van der Waals surface area contributed by atoms with Gasteiger partial charge in [0.25, 0.3) is 0 Å². The van der Waals surface area contributed by atoms with Gasteiger partial charge in [-0.25, -0.2) is 4.39 Å². The number of nitrogens with two attached hydrogens (primary N) is 1. The van der Waals surface area contributed by atoms with E-state index in [1.165, 1.54) is 17.7 Å². The molecular weight excluding hydrogens is 331 g/mol. The molecule has 4 nitrogen and oxygen atoms in total. The van der Waals surface area contributed by atoms with E-state index < -0.39 is 0 Å². The van der Waals surface area contributed by atoms with E-state index in [0.717, 1.165) is 17.7 Å². The van der Waals surface area contributed by atoms with Gasteiger partial charge in [0.05, 0.1) is 6.54 Å². The second kappa shape index (κ2) is 8.13. The van der Waals surface area contributed by atoms with Crippen LogP contribution in [0.25, 0.3) is 0 Å². The molecule has 1 saturated carbocycles. The summed E-state index contributed by atoms with van der Waals surface area (Å²) in [4.78, 5) is 10.7. The van der Waals surface area contributed by atoms with E-state index in [9.17, 15) is 9.18 Å². The third-order valence-electron chi connectivity index (χ3n) is 3.96. The summed E-state index contributed by atoms with van der Waals surface area (Å²) >= 11 is 0. The topological polar surface area (TPSA) is 64.4 Å². The van der Waals surface area contributed by atoms with Gasteiger partial charge in [0.2, 0.25) is 5.91 Å². The lowest BCUT2D eigenvalue weighted by Crippen LogP contribution is -2.30. The first-order valence-electron chi connectivity index (χ1n) is 7.61. The molecular formula is C18H20ClFN2O2. The number of benzene rings is 2. The summed E-state index contributed by atoms with van der Waals surface area (Å²) in [5, 5.41) is 3.13. The molecule has 1 aliphatic rings. The predicted octanol–water partition coefficient (Wildman–Crippen LogP) is 2.76. The van der Waals surface area contributed by atoms with Gasteiger partial charge in [0.1, 0.15) is 18.2 Å². The highest BCUT2D eigenvalue weighted by Gasteiger charge is 2.37. The van der Waals surface area contributed by atoms with Gasteiger partial charge in [-0.15, -0.1) is 12.4 Å². The number of hydrogen-bond acceptors (Lipinski definition) is 3. The van der Waals surface area contributed by atoms with E-state index >= 15 is 0 Å². The first-order chi connectivity index (χ1) is 11.1. The van der Waals surface area contributed by atoms with E-state index in [0.29, 0.717) is 18.6 Å². The van der Waals surface area contributed by atoms with Gasteiger partial charge >= 0.3 is 0 Å². The molecule has 0 heterocycles. The van der Waals surface area contributed by atoms with Crippen LogP contribution in [0.15, 0.2) is 48.5 Å². The molecule has 0 aliphatic heterocycles. The number of nitrogens with one attached hydrogen (secondary N) is 1. The standard InChI is InChI=1S/C18H19FN2O2.ClH/c19-14-5-1-12(2-6-14)11-23-15-7-3-13(4-8-15)16-9-17(16)21-10-18(20)22;/h1-8,16-17,21H,9-11H2,(H2,20,22);1H. The van der Waals surface area contributed by atoms with Crippen molar-refractivity contribution in [2.45, 2.75) is 25.0 Å². The van der Waals surface area contributed by atoms with Crippen LogP contribution in [0.1, 0.15) is 23.5 Å². The molecule has 0 saturated heterocycles. The summed E-state index contributed by atoms with van der Waals surface area (Å²) in [5.41, 5.74) is 7.27. The van der Waals surface area contributed by atoms with Crippen molar-refractivity contribution >= 4 is 18.3 Å². The molecule has 0 radical (unpaired) electrons. The van der Waals surface area contributed by atoms with Crippen LogP contribution in [-0.2, 0) is 11.4 Å². The van der Waals surface area contributed by atoms with Crippen molar-refractivity contribution in [2.24, 2.45) is 5.73 Å². The van der Waals surface area contributed by atoms with Crippen LogP contribution in [0.2, 0.25) is 0 Å². The second-order valence-corrected chi connectivity index (χ2v) is 5.78. The number of primary amides is 1. The second-order valence-electron chi connectivity index (χ2n) is 5.78. The number of carbonyl (C=O) groups excluding carboxylic acids is 1. The van der Waals surface area contributed by atoms with Crippen LogP contribution >= 0.6 is 12.4 Å². The minimum atomic E-state index is -0.333. The minimum absolute atomic E-state index is 0. The van der Waals surface area contributed by atoms with E-state index in [4.69, 9.17) is 10.5 Å². The third kappa shape index (κ3) is 4.94. The lowest BCUT2D eigenvalue weighted by Gasteiger charge is -2.08. The molecule has 6 heteroatoms. The predicted molar refractivity (Wildman–Crippen MR) is 92.8 cm³/mol. The molecule has 0 bridgehead atoms. The van der Waals surface area contributed by atoms with Gasteiger partial charge in [0, 0.05) is 12.0 Å². The van der Waals surface area contributed by atoms with E-state index in [2.05, 4.69) is 5.32 Å². The van der Waals surface area contributed by atoms with Crippen LogP contribution in [0, 0.1) is 5.82 Å². The Morgan fingerprint density at radius 3 is 2.46 bits per heavy atom. The van der Waals surface area contributed by atoms with Gasteiger partial charge in [-0.3, -0.25) is 4.79 Å². The Morgan fingerprint density at radius 1 is 1.17 bits per heavy atom. The van der Waals surface area contributed by atoms with Crippen LogP contribution in [0.3, 0.4) is 0 Å². The first kappa shape index (κ1) is 18.2. The molecule has 3 rings (SSSR count). The zero-order valence-corrected chi connectivity index (χ0v) is 13.9. The summed E-state index contributed by atoms with van der Waals surface area (Å²) in [7, 11) is 0. The highest BCUT2D eigenvalue weighted by Crippen LogP contribution is 2.41. The molecule has 2 atom stereocenters. The maximum Gasteiger partial charge on any atom is 0.231 e. The van der Waals surface area contributed by atoms with Gasteiger partial charge < -0.3 is 15.8 Å². The summed E-state index contributed by atoms with van der Waals surface area (Å²) in [6, 6.07) is 14.5. The van der Waals surface area contributed by atoms with Crippen molar-refractivity contribution in [3.05, 3.63) is 65.5 Å². The average molecular weight is 351 g/mol. The molecule has 1 aliphatic carbocycles. The number of amides is 1. The van der Waals surface area contributed by atoms with Crippen molar-refractivity contribution in [3.8, 4) is 5.75 Å². The monoisotopic (exact) mass is 350 g/mol. The lowest BCUT2D eigenvalue weighted by atomic mass is 10.1. The molecule has 0 spiro atoms. The zero-order chi connectivity index (χ0) is 16.2. The van der Waals surface area contributed by atoms with Gasteiger partial charge in [-0.1, -0.05) is 24.3 Å². The van der Waals surface area contributed by atoms with Crippen LogP contribution < -0.4 is 15.8 Å². The summed E-state index contributed by atoms with van der Waals surface area (Å²) in [5.74, 6) is 0.628. The lowest BCUT2D eigenvalue weighted by molar-refractivity contribution is -0.117. The molecule has 24 heavy (non-hydrogen) atoms. The van der Waals surface area contributed by atoms with Crippen LogP contribution in [0.5, 0.6) is 5.75 Å². The summed E-state index contributed by atoms with van der Waals surface area (Å²) in [6.45, 7) is 0.631. The highest BCUT2D eigenvalue weighted by molar-refractivity contribution is 5.85. The Bertz CT molecular complexity index is 676. The minimum Gasteiger partial charge on any atom is -0.489 e.